The summed E-state index contributed by atoms with van der Waals surface area (Å²) in [7, 11) is 0. The molecule has 33 heavy (non-hydrogen) atoms. The van der Waals surface area contributed by atoms with Crippen LogP contribution < -0.4 is 10.6 Å². The average molecular weight is 438 g/mol. The predicted molar refractivity (Wildman–Crippen MR) is 127 cm³/mol. The highest BCUT2D eigenvalue weighted by atomic mass is 16.2. The van der Waals surface area contributed by atoms with Gasteiger partial charge >= 0.3 is 0 Å². The van der Waals surface area contributed by atoms with E-state index in [1.807, 2.05) is 30.5 Å². The van der Waals surface area contributed by atoms with Gasteiger partial charge in [0.15, 0.2) is 0 Å². The highest BCUT2D eigenvalue weighted by molar-refractivity contribution is 6.07. The zero-order chi connectivity index (χ0) is 22.6. The van der Waals surface area contributed by atoms with Crippen molar-refractivity contribution in [2.45, 2.75) is 25.8 Å². The van der Waals surface area contributed by atoms with E-state index in [0.717, 1.165) is 24.4 Å². The Morgan fingerprint density at radius 1 is 0.818 bits per heavy atom. The van der Waals surface area contributed by atoms with Crippen LogP contribution in [-0.2, 0) is 13.0 Å². The molecule has 0 bridgehead atoms. The van der Waals surface area contributed by atoms with Crippen molar-refractivity contribution in [2.75, 3.05) is 10.6 Å². The Balaban J connectivity index is 1.27. The number of carbonyl (C=O) groups excluding carboxylic acids is 2. The third-order valence-electron chi connectivity index (χ3n) is 5.71. The smallest absolute Gasteiger partial charge is 0.257 e. The summed E-state index contributed by atoms with van der Waals surface area (Å²) in [6.45, 7) is 0.997. The average Bonchev–Trinajstić information content (AvgIpc) is 3.29. The van der Waals surface area contributed by atoms with E-state index in [2.05, 4.69) is 25.2 Å². The Bertz CT molecular complexity index is 1300. The number of pyridine rings is 1. The molecule has 0 saturated carbocycles. The fourth-order valence-corrected chi connectivity index (χ4v) is 4.01. The van der Waals surface area contributed by atoms with Crippen molar-refractivity contribution >= 4 is 23.2 Å². The Labute approximate surface area is 191 Å². The van der Waals surface area contributed by atoms with Crippen LogP contribution in [0.3, 0.4) is 0 Å². The molecule has 2 aromatic heterocycles. The van der Waals surface area contributed by atoms with Crippen LogP contribution in [0.2, 0.25) is 0 Å². The number of amides is 2. The van der Waals surface area contributed by atoms with Crippen LogP contribution in [0.4, 0.5) is 11.4 Å². The lowest BCUT2D eigenvalue weighted by Gasteiger charge is -2.16. The third-order valence-corrected chi connectivity index (χ3v) is 5.71. The van der Waals surface area contributed by atoms with Gasteiger partial charge in [0.05, 0.1) is 5.56 Å². The maximum atomic E-state index is 12.8. The lowest BCUT2D eigenvalue weighted by molar-refractivity contribution is 0.101. The Hall–Kier alpha value is -4.26. The van der Waals surface area contributed by atoms with Crippen molar-refractivity contribution < 1.29 is 9.59 Å². The molecule has 0 aliphatic carbocycles. The molecule has 0 fully saturated rings. The summed E-state index contributed by atoms with van der Waals surface area (Å²) in [4.78, 5) is 33.7. The molecular weight excluding hydrogens is 414 g/mol. The number of rotatable bonds is 5. The minimum absolute atomic E-state index is 0.251. The molecule has 2 aromatic carbocycles. The summed E-state index contributed by atoms with van der Waals surface area (Å²) in [5.74, 6) is 0.440. The predicted octanol–water partition coefficient (Wildman–Crippen LogP) is 4.79. The third kappa shape index (κ3) is 4.52. The lowest BCUT2D eigenvalue weighted by Crippen LogP contribution is -2.14. The molecular formula is C26H23N5O2. The van der Waals surface area contributed by atoms with Crippen molar-refractivity contribution in [3.63, 3.8) is 0 Å². The minimum atomic E-state index is -0.280. The molecule has 2 N–H and O–H groups in total. The van der Waals surface area contributed by atoms with Crippen molar-refractivity contribution in [3.8, 4) is 11.4 Å². The first-order valence-corrected chi connectivity index (χ1v) is 10.9. The second kappa shape index (κ2) is 9.08. The van der Waals surface area contributed by atoms with Gasteiger partial charge in [0.1, 0.15) is 5.82 Å². The van der Waals surface area contributed by atoms with Gasteiger partial charge in [-0.2, -0.15) is 0 Å². The van der Waals surface area contributed by atoms with Crippen LogP contribution in [0.1, 0.15) is 39.3 Å². The first-order valence-electron chi connectivity index (χ1n) is 10.9. The molecule has 0 radical (unpaired) electrons. The van der Waals surface area contributed by atoms with Crippen LogP contribution in [0.25, 0.3) is 11.4 Å². The van der Waals surface area contributed by atoms with E-state index < -0.39 is 0 Å². The summed E-state index contributed by atoms with van der Waals surface area (Å²) in [6.07, 6.45) is 8.52. The van der Waals surface area contributed by atoms with Crippen LogP contribution in [0, 0.1) is 0 Å². The summed E-state index contributed by atoms with van der Waals surface area (Å²) < 4.78 is 2.28. The summed E-state index contributed by atoms with van der Waals surface area (Å²) in [5, 5.41) is 5.71. The van der Waals surface area contributed by atoms with E-state index in [0.29, 0.717) is 22.5 Å². The standard InChI is InChI=1S/C26H23N5O2/c32-25(19-5-3-7-22(15-19)30-26(33)20-6-4-13-27-16-20)29-21-11-9-18(10-12-21)24-28-17-23-8-1-2-14-31(23)24/h3-7,9-13,15-17H,1-2,8,14H2,(H,29,32)(H,30,33). The van der Waals surface area contributed by atoms with Crippen molar-refractivity contribution in [3.05, 3.63) is 96.1 Å². The number of imidazole rings is 1. The largest absolute Gasteiger partial charge is 0.328 e. The molecule has 0 spiro atoms. The first kappa shape index (κ1) is 20.6. The summed E-state index contributed by atoms with van der Waals surface area (Å²) in [5.41, 5.74) is 4.44. The monoisotopic (exact) mass is 437 g/mol. The van der Waals surface area contributed by atoms with E-state index in [1.165, 1.54) is 24.7 Å². The highest BCUT2D eigenvalue weighted by Gasteiger charge is 2.15. The molecule has 7 heteroatoms. The highest BCUT2D eigenvalue weighted by Crippen LogP contribution is 2.26. The van der Waals surface area contributed by atoms with Crippen molar-refractivity contribution in [1.82, 2.24) is 14.5 Å². The Kier molecular flexibility index (Phi) is 5.68. The maximum Gasteiger partial charge on any atom is 0.257 e. The fourth-order valence-electron chi connectivity index (χ4n) is 4.01. The summed E-state index contributed by atoms with van der Waals surface area (Å²) >= 11 is 0. The number of aryl methyl sites for hydroxylation is 1. The molecule has 164 valence electrons. The molecule has 2 amide bonds. The van der Waals surface area contributed by atoms with E-state index >= 15 is 0 Å². The second-order valence-corrected chi connectivity index (χ2v) is 7.99. The molecule has 7 nitrogen and oxygen atoms in total. The topological polar surface area (TPSA) is 88.9 Å². The number of nitrogens with zero attached hydrogens (tertiary/aromatic N) is 3. The van der Waals surface area contributed by atoms with Gasteiger partial charge in [-0.05, 0) is 73.9 Å². The van der Waals surface area contributed by atoms with E-state index in [1.54, 1.807) is 42.6 Å². The molecule has 3 heterocycles. The lowest BCUT2D eigenvalue weighted by atomic mass is 10.1. The van der Waals surface area contributed by atoms with Crippen molar-refractivity contribution in [2.24, 2.45) is 0 Å². The molecule has 0 atom stereocenters. The van der Waals surface area contributed by atoms with Gasteiger partial charge in [0, 0.05) is 53.3 Å². The minimum Gasteiger partial charge on any atom is -0.328 e. The van der Waals surface area contributed by atoms with Gasteiger partial charge in [-0.25, -0.2) is 4.98 Å². The van der Waals surface area contributed by atoms with E-state index in [9.17, 15) is 9.59 Å². The Morgan fingerprint density at radius 3 is 2.42 bits per heavy atom. The summed E-state index contributed by atoms with van der Waals surface area (Å²) in [6, 6.07) is 17.9. The fraction of sp³-hybridized carbons (Fsp3) is 0.154. The first-order chi connectivity index (χ1) is 16.2. The van der Waals surface area contributed by atoms with Gasteiger partial charge in [0.25, 0.3) is 11.8 Å². The maximum absolute atomic E-state index is 12.8. The van der Waals surface area contributed by atoms with Crippen LogP contribution in [0.5, 0.6) is 0 Å². The van der Waals surface area contributed by atoms with Gasteiger partial charge in [-0.1, -0.05) is 6.07 Å². The number of benzene rings is 2. The zero-order valence-electron chi connectivity index (χ0n) is 18.0. The number of carbonyl (C=O) groups is 2. The molecule has 1 aliphatic heterocycles. The number of nitrogens with one attached hydrogen (secondary N) is 2. The zero-order valence-corrected chi connectivity index (χ0v) is 18.0. The van der Waals surface area contributed by atoms with E-state index in [-0.39, 0.29) is 11.8 Å². The molecule has 0 unspecified atom stereocenters. The van der Waals surface area contributed by atoms with Crippen LogP contribution in [-0.4, -0.2) is 26.3 Å². The normalized spacial score (nSPS) is 12.6. The van der Waals surface area contributed by atoms with Crippen LogP contribution >= 0.6 is 0 Å². The quantitative estimate of drug-likeness (QED) is 0.470. The van der Waals surface area contributed by atoms with Gasteiger partial charge in [-0.3, -0.25) is 14.6 Å². The molecule has 5 rings (SSSR count). The van der Waals surface area contributed by atoms with Gasteiger partial charge in [0.2, 0.25) is 0 Å². The van der Waals surface area contributed by atoms with Crippen molar-refractivity contribution in [1.29, 1.82) is 0 Å². The number of anilines is 2. The van der Waals surface area contributed by atoms with Crippen LogP contribution in [0.15, 0.2) is 79.3 Å². The molecule has 4 aromatic rings. The molecule has 1 aliphatic rings. The van der Waals surface area contributed by atoms with Gasteiger partial charge < -0.3 is 15.2 Å². The van der Waals surface area contributed by atoms with E-state index in [4.69, 9.17) is 0 Å². The second-order valence-electron chi connectivity index (χ2n) is 7.99. The van der Waals surface area contributed by atoms with Gasteiger partial charge in [-0.15, -0.1) is 0 Å². The number of hydrogen-bond acceptors (Lipinski definition) is 4. The number of aromatic nitrogens is 3. The SMILES string of the molecule is O=C(Nc1cccc(C(=O)Nc2ccc(-c3ncc4n3CCCC4)cc2)c1)c1cccnc1. The number of hydrogen-bond donors (Lipinski definition) is 2. The molecule has 0 saturated heterocycles. The number of fused-ring (bicyclic) bond motifs is 1. The Morgan fingerprint density at radius 2 is 1.61 bits per heavy atom.